The average Bonchev–Trinajstić information content (AvgIpc) is 2.18. The maximum absolute atomic E-state index is 11.1. The molecule has 23 heavy (non-hydrogen) atoms. The molecule has 3 atom stereocenters. The van der Waals surface area contributed by atoms with E-state index < -0.39 is 68.3 Å². The Labute approximate surface area is 130 Å². The van der Waals surface area contributed by atoms with E-state index in [0.29, 0.717) is 0 Å². The first kappa shape index (κ1) is 22.6. The third kappa shape index (κ3) is 5.85. The zero-order valence-electron chi connectivity index (χ0n) is 10.5. The van der Waals surface area contributed by atoms with Crippen molar-refractivity contribution in [1.29, 1.82) is 0 Å². The van der Waals surface area contributed by atoms with Crippen LogP contribution < -0.4 is 0 Å². The Kier molecular flexibility index (Phi) is 6.69. The summed E-state index contributed by atoms with van der Waals surface area (Å²) in [5.41, 5.74) is 0. The highest BCUT2D eigenvalue weighted by molar-refractivity contribution is 8.05. The molecule has 0 spiro atoms. The minimum absolute atomic E-state index is 0.552. The van der Waals surface area contributed by atoms with Gasteiger partial charge in [-0.25, -0.2) is 0 Å². The SMILES string of the molecule is O=S(=O)(O)C([CH]O)C(O)C(C(S(=O)(=O)O)S(=O)(=O)O)S(=O)(=O)O. The molecular formula is C5H11O14S4. The number of rotatable bonds is 8. The predicted molar refractivity (Wildman–Crippen MR) is 69.8 cm³/mol. The lowest BCUT2D eigenvalue weighted by atomic mass is 10.2. The van der Waals surface area contributed by atoms with E-state index in [0.717, 1.165) is 0 Å². The van der Waals surface area contributed by atoms with E-state index in [1.165, 1.54) is 0 Å². The van der Waals surface area contributed by atoms with Crippen molar-refractivity contribution in [1.82, 2.24) is 0 Å². The third-order valence-corrected chi connectivity index (χ3v) is 8.26. The van der Waals surface area contributed by atoms with Gasteiger partial charge in [0.1, 0.15) is 17.1 Å². The van der Waals surface area contributed by atoms with Crippen molar-refractivity contribution < 1.29 is 62.1 Å². The van der Waals surface area contributed by atoms with E-state index >= 15 is 0 Å². The van der Waals surface area contributed by atoms with Crippen molar-refractivity contribution in [3.05, 3.63) is 6.61 Å². The number of aliphatic hydroxyl groups is 2. The highest BCUT2D eigenvalue weighted by Crippen LogP contribution is 2.25. The molecule has 0 saturated carbocycles. The Morgan fingerprint density at radius 1 is 0.652 bits per heavy atom. The maximum atomic E-state index is 11.1. The fourth-order valence-corrected chi connectivity index (χ4v) is 6.99. The van der Waals surface area contributed by atoms with Crippen LogP contribution >= 0.6 is 0 Å². The second kappa shape index (κ2) is 6.82. The van der Waals surface area contributed by atoms with Crippen molar-refractivity contribution in [2.45, 2.75) is 21.2 Å². The Morgan fingerprint density at radius 3 is 1.17 bits per heavy atom. The van der Waals surface area contributed by atoms with Gasteiger partial charge in [-0.3, -0.25) is 18.2 Å². The highest BCUT2D eigenvalue weighted by atomic mass is 32.3. The Balaban J connectivity index is 6.62. The molecule has 0 aliphatic carbocycles. The highest BCUT2D eigenvalue weighted by Gasteiger charge is 2.55. The van der Waals surface area contributed by atoms with Crippen LogP contribution in [0.15, 0.2) is 0 Å². The van der Waals surface area contributed by atoms with Crippen LogP contribution in [-0.2, 0) is 40.5 Å². The molecule has 0 fully saturated rings. The van der Waals surface area contributed by atoms with Crippen LogP contribution in [0, 0.1) is 6.61 Å². The van der Waals surface area contributed by atoms with Crippen molar-refractivity contribution >= 4 is 40.5 Å². The molecule has 0 aliphatic rings. The largest absolute Gasteiger partial charge is 0.390 e. The van der Waals surface area contributed by atoms with Gasteiger partial charge in [0.25, 0.3) is 40.5 Å². The zero-order chi connectivity index (χ0) is 19.0. The standard InChI is InChI=1S/C5H11O14S4/c6-1-2(20(8,9)10)3(7)4(21(11,12)13)5(22(14,15)16)23(17,18)19/h1-7H,(H,8,9,10)(H,11,12,13)(H,14,15,16)(H,17,18,19). The summed E-state index contributed by atoms with van der Waals surface area (Å²) in [7, 11) is -23.6. The predicted octanol–water partition coefficient (Wildman–Crippen LogP) is -3.50. The topological polar surface area (TPSA) is 258 Å². The minimum atomic E-state index is -6.05. The van der Waals surface area contributed by atoms with Crippen LogP contribution in [0.5, 0.6) is 0 Å². The van der Waals surface area contributed by atoms with Gasteiger partial charge in [-0.05, 0) is 0 Å². The smallest absolute Gasteiger partial charge is 0.286 e. The second-order valence-corrected chi connectivity index (χ2v) is 10.5. The summed E-state index contributed by atoms with van der Waals surface area (Å²) in [6, 6.07) is 0. The monoisotopic (exact) mass is 423 g/mol. The van der Waals surface area contributed by atoms with Crippen molar-refractivity contribution in [2.24, 2.45) is 0 Å². The summed E-state index contributed by atoms with van der Waals surface area (Å²) in [5.74, 6) is 0. The molecule has 0 aromatic rings. The van der Waals surface area contributed by atoms with Gasteiger partial charge in [-0.1, -0.05) is 0 Å². The maximum Gasteiger partial charge on any atom is 0.286 e. The summed E-state index contributed by atoms with van der Waals surface area (Å²) in [6.45, 7) is -0.552. The van der Waals surface area contributed by atoms with Crippen LogP contribution in [0.25, 0.3) is 0 Å². The Bertz CT molecular complexity index is 799. The second-order valence-electron chi connectivity index (χ2n) is 4.00. The molecule has 0 aromatic carbocycles. The molecule has 0 heterocycles. The molecule has 18 heteroatoms. The molecule has 1 radical (unpaired) electrons. The fraction of sp³-hybridized carbons (Fsp3) is 0.800. The van der Waals surface area contributed by atoms with Gasteiger partial charge in [0.05, 0.1) is 6.10 Å². The van der Waals surface area contributed by atoms with Gasteiger partial charge in [0.15, 0.2) is 0 Å². The molecule has 3 unspecified atom stereocenters. The number of hydrogen-bond donors (Lipinski definition) is 6. The molecule has 0 aliphatic heterocycles. The van der Waals surface area contributed by atoms with Crippen LogP contribution in [-0.4, -0.2) is 83.3 Å². The van der Waals surface area contributed by atoms with Crippen LogP contribution in [0.3, 0.4) is 0 Å². The normalized spacial score (nSPS) is 18.6. The van der Waals surface area contributed by atoms with Crippen molar-refractivity contribution in [3.8, 4) is 0 Å². The van der Waals surface area contributed by atoms with E-state index in [2.05, 4.69) is 0 Å². The van der Waals surface area contributed by atoms with E-state index in [1.807, 2.05) is 0 Å². The fourth-order valence-electron chi connectivity index (χ4n) is 1.50. The van der Waals surface area contributed by atoms with E-state index in [-0.39, 0.29) is 0 Å². The lowest BCUT2D eigenvalue weighted by Gasteiger charge is -2.27. The van der Waals surface area contributed by atoms with Crippen molar-refractivity contribution in [3.63, 3.8) is 0 Å². The van der Waals surface area contributed by atoms with E-state index in [4.69, 9.17) is 23.3 Å². The van der Waals surface area contributed by atoms with Gasteiger partial charge in [0, 0.05) is 0 Å². The number of aliphatic hydroxyl groups excluding tert-OH is 2. The first-order valence-electron chi connectivity index (χ1n) is 4.86. The summed E-state index contributed by atoms with van der Waals surface area (Å²) >= 11 is 0. The molecule has 0 bridgehead atoms. The first-order chi connectivity index (χ1) is 9.85. The van der Waals surface area contributed by atoms with Gasteiger partial charge < -0.3 is 10.2 Å². The Hall–Kier alpha value is -0.440. The van der Waals surface area contributed by atoms with E-state index in [1.54, 1.807) is 0 Å². The molecular weight excluding hydrogens is 412 g/mol. The molecule has 0 amide bonds. The molecule has 6 N–H and O–H groups in total. The quantitative estimate of drug-likeness (QED) is 0.207. The summed E-state index contributed by atoms with van der Waals surface area (Å²) in [5, 5.41) is 11.5. The summed E-state index contributed by atoms with van der Waals surface area (Å²) < 4.78 is 119. The summed E-state index contributed by atoms with van der Waals surface area (Å²) in [6.07, 6.45) is -3.33. The van der Waals surface area contributed by atoms with Crippen LogP contribution in [0.1, 0.15) is 0 Å². The average molecular weight is 423 g/mol. The molecule has 0 aromatic heterocycles. The van der Waals surface area contributed by atoms with Gasteiger partial charge in [-0.15, -0.1) is 0 Å². The molecule has 14 nitrogen and oxygen atoms in total. The number of hydrogen-bond acceptors (Lipinski definition) is 10. The third-order valence-electron chi connectivity index (χ3n) is 2.36. The molecule has 0 rings (SSSR count). The van der Waals surface area contributed by atoms with Crippen LogP contribution in [0.4, 0.5) is 0 Å². The lowest BCUT2D eigenvalue weighted by Crippen LogP contribution is -2.55. The van der Waals surface area contributed by atoms with E-state index in [9.17, 15) is 38.8 Å². The van der Waals surface area contributed by atoms with Crippen LogP contribution in [0.2, 0.25) is 0 Å². The lowest BCUT2D eigenvalue weighted by molar-refractivity contribution is 0.146. The molecule has 139 valence electrons. The first-order valence-corrected chi connectivity index (χ1v) is 10.9. The van der Waals surface area contributed by atoms with Crippen molar-refractivity contribution in [2.75, 3.05) is 0 Å². The van der Waals surface area contributed by atoms with Gasteiger partial charge in [0.2, 0.25) is 4.58 Å². The molecule has 0 saturated heterocycles. The zero-order valence-corrected chi connectivity index (χ0v) is 13.7. The Morgan fingerprint density at radius 2 is 1.00 bits per heavy atom. The minimum Gasteiger partial charge on any atom is -0.390 e. The summed E-state index contributed by atoms with van der Waals surface area (Å²) in [4.78, 5) is 0. The van der Waals surface area contributed by atoms with Gasteiger partial charge in [-0.2, -0.15) is 33.7 Å². The van der Waals surface area contributed by atoms with Gasteiger partial charge >= 0.3 is 0 Å².